The molecule has 2 aliphatic heterocycles. The van der Waals surface area contributed by atoms with E-state index < -0.39 is 0 Å². The molecule has 1 N–H and O–H groups in total. The molecule has 0 unspecified atom stereocenters. The maximum atomic E-state index is 13.0. The lowest BCUT2D eigenvalue weighted by atomic mass is 9.78. The van der Waals surface area contributed by atoms with E-state index in [1.807, 2.05) is 64.2 Å². The Hall–Kier alpha value is -2.28. The summed E-state index contributed by atoms with van der Waals surface area (Å²) < 4.78 is 7.89. The topological polar surface area (TPSA) is 58.9 Å². The molecule has 3 aromatic rings. The number of carbonyl (C=O) groups excluding carboxylic acids is 1. The lowest BCUT2D eigenvalue weighted by Crippen LogP contribution is -2.44. The van der Waals surface area contributed by atoms with Gasteiger partial charge in [-0.15, -0.1) is 24.8 Å². The van der Waals surface area contributed by atoms with Crippen molar-refractivity contribution in [2.75, 3.05) is 26.2 Å². The summed E-state index contributed by atoms with van der Waals surface area (Å²) >= 11 is 0. The molecule has 2 saturated heterocycles. The molecule has 2 aromatic heterocycles. The number of likely N-dealkylation sites (tertiary alicyclic amines) is 1. The lowest BCUT2D eigenvalue weighted by Gasteiger charge is -2.38. The first-order chi connectivity index (χ1) is 14.2. The Balaban J connectivity index is 0.00000136. The van der Waals surface area contributed by atoms with Crippen LogP contribution < -0.4 is 10.1 Å². The van der Waals surface area contributed by atoms with Crippen molar-refractivity contribution in [1.82, 2.24) is 19.6 Å². The Bertz CT molecular complexity index is 990. The highest BCUT2D eigenvalue weighted by Crippen LogP contribution is 2.37. The number of amides is 1. The summed E-state index contributed by atoms with van der Waals surface area (Å²) in [5.41, 5.74) is 2.86. The maximum Gasteiger partial charge on any atom is 0.253 e. The van der Waals surface area contributed by atoms with Crippen LogP contribution in [0.4, 0.5) is 0 Å². The van der Waals surface area contributed by atoms with Crippen LogP contribution in [0.2, 0.25) is 0 Å². The van der Waals surface area contributed by atoms with E-state index in [0.717, 1.165) is 50.4 Å². The van der Waals surface area contributed by atoms with E-state index in [1.54, 1.807) is 0 Å². The highest BCUT2D eigenvalue weighted by molar-refractivity contribution is 5.94. The summed E-state index contributed by atoms with van der Waals surface area (Å²) in [5, 5.41) is 3.48. The standard InChI is InChI=1S/C23H26N4O2.2ClH/c28-22(26-12-8-23(9-13-26)7-10-24-17-23)18-4-3-5-20(14-18)29-16-19-15-27-11-2-1-6-21(27)25-19;;/h1-6,11,14-15,24H,7-10,12-13,16-17H2;2*1H. The summed E-state index contributed by atoms with van der Waals surface area (Å²) in [6.45, 7) is 4.26. The number of piperidine rings is 1. The maximum absolute atomic E-state index is 13.0. The third kappa shape index (κ3) is 4.97. The van der Waals surface area contributed by atoms with E-state index in [4.69, 9.17) is 4.74 Å². The van der Waals surface area contributed by atoms with Crippen molar-refractivity contribution in [1.29, 1.82) is 0 Å². The van der Waals surface area contributed by atoms with Crippen LogP contribution in [-0.2, 0) is 6.61 Å². The van der Waals surface area contributed by atoms with Gasteiger partial charge in [-0.1, -0.05) is 12.1 Å². The Labute approximate surface area is 194 Å². The number of rotatable bonds is 4. The van der Waals surface area contributed by atoms with Gasteiger partial charge in [0.2, 0.25) is 0 Å². The zero-order valence-electron chi connectivity index (χ0n) is 17.3. The SMILES string of the molecule is Cl.Cl.O=C(c1cccc(OCc2cn3ccccc3n2)c1)N1CCC2(CCNC2)CC1. The molecule has 1 spiro atoms. The number of benzene rings is 1. The molecule has 2 aliphatic rings. The smallest absolute Gasteiger partial charge is 0.253 e. The van der Waals surface area contributed by atoms with Crippen LogP contribution in [0.15, 0.2) is 54.9 Å². The molecule has 1 aromatic carbocycles. The predicted molar refractivity (Wildman–Crippen MR) is 126 cm³/mol. The average Bonchev–Trinajstić information content (AvgIpc) is 3.39. The number of carbonyl (C=O) groups is 1. The third-order valence-corrected chi connectivity index (χ3v) is 6.33. The van der Waals surface area contributed by atoms with Gasteiger partial charge in [0, 0.05) is 37.6 Å². The molecule has 6 nitrogen and oxygen atoms in total. The Morgan fingerprint density at radius 1 is 1.10 bits per heavy atom. The molecule has 1 amide bonds. The van der Waals surface area contributed by atoms with E-state index in [9.17, 15) is 4.79 Å². The molecule has 8 heteroatoms. The summed E-state index contributed by atoms with van der Waals surface area (Å²) in [5.74, 6) is 0.797. The van der Waals surface area contributed by atoms with Gasteiger partial charge in [0.15, 0.2) is 0 Å². The molecule has 166 valence electrons. The third-order valence-electron chi connectivity index (χ3n) is 6.33. The van der Waals surface area contributed by atoms with E-state index in [0.29, 0.717) is 23.3 Å². The second-order valence-corrected chi connectivity index (χ2v) is 8.23. The van der Waals surface area contributed by atoms with Crippen LogP contribution >= 0.6 is 24.8 Å². The van der Waals surface area contributed by atoms with Crippen molar-refractivity contribution in [3.05, 3.63) is 66.1 Å². The highest BCUT2D eigenvalue weighted by atomic mass is 35.5. The van der Waals surface area contributed by atoms with Crippen molar-refractivity contribution in [2.45, 2.75) is 25.9 Å². The van der Waals surface area contributed by atoms with Crippen LogP contribution in [0.25, 0.3) is 5.65 Å². The Morgan fingerprint density at radius 3 is 2.68 bits per heavy atom. The fourth-order valence-corrected chi connectivity index (χ4v) is 4.52. The van der Waals surface area contributed by atoms with Gasteiger partial charge in [0.05, 0.1) is 5.69 Å². The fourth-order valence-electron chi connectivity index (χ4n) is 4.52. The quantitative estimate of drug-likeness (QED) is 0.636. The zero-order chi connectivity index (χ0) is 19.7. The van der Waals surface area contributed by atoms with Gasteiger partial charge in [-0.05, 0) is 61.6 Å². The molecule has 0 atom stereocenters. The molecule has 2 fully saturated rings. The van der Waals surface area contributed by atoms with Gasteiger partial charge >= 0.3 is 0 Å². The number of pyridine rings is 1. The van der Waals surface area contributed by atoms with Crippen molar-refractivity contribution in [3.8, 4) is 5.75 Å². The molecule has 0 aliphatic carbocycles. The first-order valence-electron chi connectivity index (χ1n) is 10.4. The minimum absolute atomic E-state index is 0. The van der Waals surface area contributed by atoms with Gasteiger partial charge in [0.25, 0.3) is 5.91 Å². The number of aromatic nitrogens is 2. The monoisotopic (exact) mass is 462 g/mol. The fraction of sp³-hybridized carbons (Fsp3) is 0.391. The van der Waals surface area contributed by atoms with E-state index >= 15 is 0 Å². The number of halogens is 2. The minimum Gasteiger partial charge on any atom is -0.487 e. The Kier molecular flexibility index (Phi) is 7.46. The second-order valence-electron chi connectivity index (χ2n) is 8.23. The van der Waals surface area contributed by atoms with Gasteiger partial charge in [-0.25, -0.2) is 4.98 Å². The zero-order valence-corrected chi connectivity index (χ0v) is 19.0. The molecule has 4 heterocycles. The van der Waals surface area contributed by atoms with Crippen molar-refractivity contribution in [3.63, 3.8) is 0 Å². The van der Waals surface area contributed by atoms with Gasteiger partial charge in [-0.2, -0.15) is 0 Å². The second kappa shape index (κ2) is 9.90. The minimum atomic E-state index is 0. The first-order valence-corrected chi connectivity index (χ1v) is 10.4. The summed E-state index contributed by atoms with van der Waals surface area (Å²) in [6, 6.07) is 13.4. The predicted octanol–water partition coefficient (Wildman–Crippen LogP) is 3.97. The average molecular weight is 463 g/mol. The van der Waals surface area contributed by atoms with Gasteiger partial charge < -0.3 is 19.4 Å². The van der Waals surface area contributed by atoms with Crippen molar-refractivity contribution < 1.29 is 9.53 Å². The number of hydrogen-bond donors (Lipinski definition) is 1. The first kappa shape index (κ1) is 23.4. The highest BCUT2D eigenvalue weighted by Gasteiger charge is 2.38. The van der Waals surface area contributed by atoms with Crippen LogP contribution in [0.3, 0.4) is 0 Å². The number of nitrogens with zero attached hydrogens (tertiary/aromatic N) is 3. The summed E-state index contributed by atoms with van der Waals surface area (Å²) in [7, 11) is 0. The molecular formula is C23H28Cl2N4O2. The summed E-state index contributed by atoms with van der Waals surface area (Å²) in [4.78, 5) is 19.5. The van der Waals surface area contributed by atoms with Crippen molar-refractivity contribution >= 4 is 36.4 Å². The van der Waals surface area contributed by atoms with Gasteiger partial charge in [0.1, 0.15) is 18.0 Å². The van der Waals surface area contributed by atoms with E-state index in [1.165, 1.54) is 6.42 Å². The largest absolute Gasteiger partial charge is 0.487 e. The van der Waals surface area contributed by atoms with Crippen LogP contribution in [0.1, 0.15) is 35.3 Å². The van der Waals surface area contributed by atoms with Gasteiger partial charge in [-0.3, -0.25) is 4.79 Å². The number of fused-ring (bicyclic) bond motifs is 1. The number of imidazole rings is 1. The molecule has 0 saturated carbocycles. The molecule has 5 rings (SSSR count). The van der Waals surface area contributed by atoms with Crippen LogP contribution in [0.5, 0.6) is 5.75 Å². The molecule has 0 radical (unpaired) electrons. The lowest BCUT2D eigenvalue weighted by molar-refractivity contribution is 0.0607. The summed E-state index contributed by atoms with van der Waals surface area (Å²) in [6.07, 6.45) is 7.36. The number of hydrogen-bond acceptors (Lipinski definition) is 4. The van der Waals surface area contributed by atoms with Crippen LogP contribution in [0, 0.1) is 5.41 Å². The number of nitrogens with one attached hydrogen (secondary N) is 1. The molecule has 0 bridgehead atoms. The van der Waals surface area contributed by atoms with Crippen LogP contribution in [-0.4, -0.2) is 46.4 Å². The Morgan fingerprint density at radius 2 is 1.94 bits per heavy atom. The molecule has 31 heavy (non-hydrogen) atoms. The van der Waals surface area contributed by atoms with E-state index in [2.05, 4.69) is 10.3 Å². The normalized spacial score (nSPS) is 17.2. The van der Waals surface area contributed by atoms with E-state index in [-0.39, 0.29) is 30.7 Å². The van der Waals surface area contributed by atoms with Crippen molar-refractivity contribution in [2.24, 2.45) is 5.41 Å². The number of ether oxygens (including phenoxy) is 1. The molecular weight excluding hydrogens is 435 g/mol.